The molecule has 3 aliphatic heterocycles. The lowest BCUT2D eigenvalue weighted by atomic mass is 9.77. The van der Waals surface area contributed by atoms with Crippen LogP contribution >= 0.6 is 23.4 Å². The number of nitro benzene ring substituents is 1. The van der Waals surface area contributed by atoms with E-state index in [2.05, 4.69) is 0 Å². The summed E-state index contributed by atoms with van der Waals surface area (Å²) < 4.78 is 0. The number of fused-ring (bicyclic) bond motifs is 8. The van der Waals surface area contributed by atoms with Crippen molar-refractivity contribution in [3.63, 3.8) is 0 Å². The van der Waals surface area contributed by atoms with Crippen molar-refractivity contribution in [2.24, 2.45) is 11.8 Å². The normalized spacial score (nSPS) is 28.4. The van der Waals surface area contributed by atoms with Gasteiger partial charge in [0.2, 0.25) is 11.8 Å². The van der Waals surface area contributed by atoms with E-state index in [0.29, 0.717) is 10.7 Å². The molecule has 2 saturated heterocycles. The van der Waals surface area contributed by atoms with Crippen LogP contribution in [-0.2, 0) is 9.59 Å². The van der Waals surface area contributed by atoms with Crippen molar-refractivity contribution in [1.29, 1.82) is 0 Å². The molecule has 5 rings (SSSR count). The van der Waals surface area contributed by atoms with Crippen LogP contribution in [0.4, 0.5) is 11.4 Å². The third-order valence-corrected chi connectivity index (χ3v) is 7.26. The molecule has 2 amide bonds. The van der Waals surface area contributed by atoms with Gasteiger partial charge in [0.1, 0.15) is 0 Å². The Kier molecular flexibility index (Phi) is 3.24. The van der Waals surface area contributed by atoms with Gasteiger partial charge in [-0.15, -0.1) is 11.8 Å². The number of imide groups is 1. The van der Waals surface area contributed by atoms with E-state index in [1.54, 1.807) is 48.2 Å². The molecule has 0 aliphatic carbocycles. The van der Waals surface area contributed by atoms with Crippen LogP contribution in [0, 0.1) is 22.0 Å². The predicted molar refractivity (Wildman–Crippen MR) is 97.1 cm³/mol. The summed E-state index contributed by atoms with van der Waals surface area (Å²) in [4.78, 5) is 37.9. The topological polar surface area (TPSA) is 80.5 Å². The Morgan fingerprint density at radius 3 is 2.19 bits per heavy atom. The molecule has 26 heavy (non-hydrogen) atoms. The van der Waals surface area contributed by atoms with Crippen molar-refractivity contribution in [2.45, 2.75) is 10.5 Å². The molecule has 0 aromatic heterocycles. The quantitative estimate of drug-likeness (QED) is 0.444. The maximum Gasteiger partial charge on any atom is 0.269 e. The number of carbonyl (C=O) groups excluding carboxylic acids is 2. The number of halogens is 1. The summed E-state index contributed by atoms with van der Waals surface area (Å²) in [5, 5.41) is 11.3. The number of amides is 2. The Balaban J connectivity index is 1.57. The first-order chi connectivity index (χ1) is 12.5. The van der Waals surface area contributed by atoms with Crippen molar-refractivity contribution in [3.05, 3.63) is 68.7 Å². The lowest BCUT2D eigenvalue weighted by molar-refractivity contribution is -0.384. The largest absolute Gasteiger partial charge is 0.274 e. The summed E-state index contributed by atoms with van der Waals surface area (Å²) in [5.74, 6) is -1.32. The highest BCUT2D eigenvalue weighted by Gasteiger charge is 2.64. The van der Waals surface area contributed by atoms with Crippen molar-refractivity contribution < 1.29 is 14.5 Å². The fourth-order valence-electron chi connectivity index (χ4n) is 4.24. The second-order valence-electron chi connectivity index (χ2n) is 6.59. The average molecular weight is 387 g/mol. The highest BCUT2D eigenvalue weighted by molar-refractivity contribution is 8.00. The second kappa shape index (κ2) is 5.31. The van der Waals surface area contributed by atoms with Crippen LogP contribution in [0.3, 0.4) is 0 Å². The van der Waals surface area contributed by atoms with E-state index in [1.807, 2.05) is 0 Å². The van der Waals surface area contributed by atoms with E-state index in [-0.39, 0.29) is 28.0 Å². The van der Waals surface area contributed by atoms with Gasteiger partial charge in [-0.25, -0.2) is 4.90 Å². The fraction of sp³-hybridized carbons (Fsp3) is 0.222. The minimum absolute atomic E-state index is 0.0137. The molecule has 3 aliphatic rings. The van der Waals surface area contributed by atoms with Gasteiger partial charge in [0, 0.05) is 27.7 Å². The molecule has 6 nitrogen and oxygen atoms in total. The van der Waals surface area contributed by atoms with Gasteiger partial charge in [-0.05, 0) is 35.4 Å². The molecule has 2 fully saturated rings. The first kappa shape index (κ1) is 15.8. The molecule has 2 aromatic carbocycles. The minimum Gasteiger partial charge on any atom is -0.274 e. The van der Waals surface area contributed by atoms with Gasteiger partial charge in [-0.2, -0.15) is 0 Å². The number of benzene rings is 2. The lowest BCUT2D eigenvalue weighted by Crippen LogP contribution is -2.31. The number of nitrogens with zero attached hydrogens (tertiary/aromatic N) is 2. The van der Waals surface area contributed by atoms with Crippen LogP contribution in [0.25, 0.3) is 0 Å². The highest BCUT2D eigenvalue weighted by Crippen LogP contribution is 2.69. The zero-order chi connectivity index (χ0) is 18.2. The smallest absolute Gasteiger partial charge is 0.269 e. The van der Waals surface area contributed by atoms with E-state index in [0.717, 1.165) is 11.1 Å². The molecule has 0 spiro atoms. The lowest BCUT2D eigenvalue weighted by Gasteiger charge is -2.21. The Morgan fingerprint density at radius 2 is 1.58 bits per heavy atom. The molecule has 0 saturated carbocycles. The highest BCUT2D eigenvalue weighted by atomic mass is 35.5. The van der Waals surface area contributed by atoms with Gasteiger partial charge in [0.25, 0.3) is 5.69 Å². The molecule has 2 aromatic rings. The van der Waals surface area contributed by atoms with Gasteiger partial charge < -0.3 is 0 Å². The number of rotatable bonds is 2. The molecule has 130 valence electrons. The Labute approximate surface area is 157 Å². The molecular weight excluding hydrogens is 376 g/mol. The number of carbonyl (C=O) groups is 2. The Bertz CT molecular complexity index is 993. The number of non-ortho nitro benzene ring substituents is 1. The summed E-state index contributed by atoms with van der Waals surface area (Å²) in [5.41, 5.74) is 2.28. The molecule has 0 radical (unpaired) electrons. The van der Waals surface area contributed by atoms with E-state index in [4.69, 9.17) is 11.6 Å². The number of anilines is 1. The summed E-state index contributed by atoms with van der Waals surface area (Å²) in [7, 11) is 0. The predicted octanol–water partition coefficient (Wildman–Crippen LogP) is 3.90. The van der Waals surface area contributed by atoms with E-state index >= 15 is 0 Å². The average Bonchev–Trinajstić information content (AvgIpc) is 3.26. The van der Waals surface area contributed by atoms with Crippen molar-refractivity contribution >= 4 is 46.6 Å². The van der Waals surface area contributed by atoms with Gasteiger partial charge in [-0.3, -0.25) is 19.7 Å². The van der Waals surface area contributed by atoms with Crippen LogP contribution < -0.4 is 4.90 Å². The SMILES string of the molecule is O=C1[C@@H]2[C@H](C(=O)N1c1ccc(Cl)cc1)[C@@H]1S[C@H]2c2ccc([N+](=O)[O-])cc21. The van der Waals surface area contributed by atoms with Crippen LogP contribution in [-0.4, -0.2) is 16.7 Å². The summed E-state index contributed by atoms with van der Waals surface area (Å²) >= 11 is 7.47. The van der Waals surface area contributed by atoms with E-state index in [1.165, 1.54) is 11.0 Å². The molecule has 2 bridgehead atoms. The van der Waals surface area contributed by atoms with Crippen LogP contribution in [0.15, 0.2) is 42.5 Å². The molecule has 0 unspecified atom stereocenters. The second-order valence-corrected chi connectivity index (χ2v) is 8.31. The molecule has 0 N–H and O–H groups in total. The number of thioether (sulfide) groups is 1. The number of hydrogen-bond acceptors (Lipinski definition) is 5. The third kappa shape index (κ3) is 1.95. The van der Waals surface area contributed by atoms with Crippen LogP contribution in [0.5, 0.6) is 0 Å². The van der Waals surface area contributed by atoms with Crippen molar-refractivity contribution in [1.82, 2.24) is 0 Å². The molecule has 4 atom stereocenters. The maximum atomic E-state index is 13.0. The summed E-state index contributed by atoms with van der Waals surface area (Å²) in [6.07, 6.45) is 0. The van der Waals surface area contributed by atoms with Gasteiger partial charge in [0.05, 0.1) is 22.4 Å². The molecular formula is C18H11ClN2O4S. The first-order valence-electron chi connectivity index (χ1n) is 8.04. The molecule has 8 heteroatoms. The zero-order valence-electron chi connectivity index (χ0n) is 13.2. The Hall–Kier alpha value is -2.38. The third-order valence-electron chi connectivity index (χ3n) is 5.32. The summed E-state index contributed by atoms with van der Waals surface area (Å²) in [6, 6.07) is 11.3. The van der Waals surface area contributed by atoms with Crippen LogP contribution in [0.2, 0.25) is 5.02 Å². The molecule has 3 heterocycles. The van der Waals surface area contributed by atoms with E-state index < -0.39 is 16.8 Å². The van der Waals surface area contributed by atoms with Crippen LogP contribution in [0.1, 0.15) is 21.6 Å². The minimum atomic E-state index is -0.470. The number of nitro groups is 1. The fourth-order valence-corrected chi connectivity index (χ4v) is 6.30. The van der Waals surface area contributed by atoms with E-state index in [9.17, 15) is 19.7 Å². The maximum absolute atomic E-state index is 13.0. The van der Waals surface area contributed by atoms with Crippen molar-refractivity contribution in [2.75, 3.05) is 4.90 Å². The van der Waals surface area contributed by atoms with Gasteiger partial charge >= 0.3 is 0 Å². The van der Waals surface area contributed by atoms with Gasteiger partial charge in [0.15, 0.2) is 0 Å². The zero-order valence-corrected chi connectivity index (χ0v) is 14.7. The standard InChI is InChI=1S/C18H11ClN2O4S/c19-8-1-3-9(4-2-8)20-17(22)13-14(18(20)23)16-12-7-10(21(24)25)5-6-11(12)15(13)26-16/h1-7,13-16H/t13-,14+,15+,16-/m1/s1. The van der Waals surface area contributed by atoms with Crippen molar-refractivity contribution in [3.8, 4) is 0 Å². The Morgan fingerprint density at radius 1 is 0.962 bits per heavy atom. The number of hydrogen-bond donors (Lipinski definition) is 0. The monoisotopic (exact) mass is 386 g/mol. The first-order valence-corrected chi connectivity index (χ1v) is 9.36. The summed E-state index contributed by atoms with van der Waals surface area (Å²) in [6.45, 7) is 0. The van der Waals surface area contributed by atoms with Gasteiger partial charge in [-0.1, -0.05) is 17.7 Å².